The summed E-state index contributed by atoms with van der Waals surface area (Å²) in [6.45, 7) is 2.03. The highest BCUT2D eigenvalue weighted by Gasteiger charge is 2.48. The van der Waals surface area contributed by atoms with Crippen molar-refractivity contribution < 1.29 is 9.13 Å². The minimum atomic E-state index is -3.39. The van der Waals surface area contributed by atoms with Crippen molar-refractivity contribution in [2.75, 3.05) is 6.16 Å². The van der Waals surface area contributed by atoms with Gasteiger partial charge in [-0.2, -0.15) is 0 Å². The molecule has 2 unspecified atom stereocenters. The molecule has 0 amide bonds. The highest BCUT2D eigenvalue weighted by molar-refractivity contribution is 7.86. The fourth-order valence-corrected chi connectivity index (χ4v) is 13.1. The van der Waals surface area contributed by atoms with Crippen molar-refractivity contribution in [2.24, 2.45) is 0 Å². The molecule has 0 saturated heterocycles. The summed E-state index contributed by atoms with van der Waals surface area (Å²) in [6, 6.07) is 42.9. The van der Waals surface area contributed by atoms with Gasteiger partial charge in [0.15, 0.2) is 7.14 Å². The Labute approximate surface area is 233 Å². The van der Waals surface area contributed by atoms with Gasteiger partial charge in [0.1, 0.15) is 7.14 Å². The predicted octanol–water partition coefficient (Wildman–Crippen LogP) is 7.88. The Bertz CT molecular complexity index is 2160. The summed E-state index contributed by atoms with van der Waals surface area (Å²) in [5, 5.41) is 8.36. The number of hydrogen-bond acceptors (Lipinski definition) is 2. The number of rotatable bonds is 2. The lowest BCUT2D eigenvalue weighted by Gasteiger charge is -2.26. The van der Waals surface area contributed by atoms with Crippen molar-refractivity contribution >= 4 is 67.9 Å². The molecule has 8 rings (SSSR count). The van der Waals surface area contributed by atoms with E-state index in [9.17, 15) is 0 Å². The van der Waals surface area contributed by atoms with Gasteiger partial charge in [0.25, 0.3) is 0 Å². The molecule has 0 saturated carbocycles. The van der Waals surface area contributed by atoms with Gasteiger partial charge in [0.2, 0.25) is 0 Å². The van der Waals surface area contributed by atoms with Crippen molar-refractivity contribution in [3.8, 4) is 0 Å². The Morgan fingerprint density at radius 3 is 1.75 bits per heavy atom. The molecular weight excluding hydrogens is 526 g/mol. The van der Waals surface area contributed by atoms with Crippen LogP contribution in [0.3, 0.4) is 0 Å². The first-order chi connectivity index (χ1) is 19.6. The quantitative estimate of drug-likeness (QED) is 0.205. The first-order valence-electron chi connectivity index (χ1n) is 13.7. The normalized spacial score (nSPS) is 21.0. The van der Waals surface area contributed by atoms with Gasteiger partial charge in [0, 0.05) is 49.4 Å². The Morgan fingerprint density at radius 2 is 1.07 bits per heavy atom. The summed E-state index contributed by atoms with van der Waals surface area (Å²) in [4.78, 5) is 0. The zero-order valence-corrected chi connectivity index (χ0v) is 23.8. The topological polar surface area (TPSA) is 34.1 Å². The van der Waals surface area contributed by atoms with Crippen LogP contribution in [-0.2, 0) is 9.13 Å². The maximum Gasteiger partial charge on any atom is 0.172 e. The molecule has 0 fully saturated rings. The van der Waals surface area contributed by atoms with Crippen LogP contribution in [0.1, 0.15) is 23.6 Å². The van der Waals surface area contributed by atoms with Crippen molar-refractivity contribution in [3.63, 3.8) is 0 Å². The third-order valence-corrected chi connectivity index (χ3v) is 15.1. The molecule has 0 radical (unpaired) electrons. The molecule has 2 heterocycles. The standard InChI is InChI=1S/C36H26O2P2/c1-2-39(37)30-19-11-10-18-29(30)35-33-27-16-8-6-12-24(27)20-22-31(33)40(38,26-14-4-3-5-15-26)32-23-21-25-13-7-9-17-28(25)34(32)36(35)39/h3-23H,2H2,1H3. The minimum Gasteiger partial charge on any atom is -0.314 e. The first-order valence-corrected chi connectivity index (χ1v) is 17.3. The molecule has 0 aromatic heterocycles. The number of fused-ring (bicyclic) bond motifs is 10. The minimum absolute atomic E-state index is 0.501. The zero-order valence-electron chi connectivity index (χ0n) is 22.0. The Morgan fingerprint density at radius 1 is 0.525 bits per heavy atom. The molecular formula is C36H26O2P2. The molecule has 0 aliphatic carbocycles. The lowest BCUT2D eigenvalue weighted by molar-refractivity contribution is 0.588. The van der Waals surface area contributed by atoms with E-state index in [0.29, 0.717) is 6.16 Å². The monoisotopic (exact) mass is 552 g/mol. The largest absolute Gasteiger partial charge is 0.314 e. The van der Waals surface area contributed by atoms with E-state index in [1.165, 1.54) is 0 Å². The first kappa shape index (κ1) is 23.9. The molecule has 192 valence electrons. The number of hydrogen-bond donors (Lipinski definition) is 0. The summed E-state index contributed by atoms with van der Waals surface area (Å²) in [5.41, 5.74) is 3.83. The average molecular weight is 553 g/mol. The average Bonchev–Trinajstić information content (AvgIpc) is 3.21. The van der Waals surface area contributed by atoms with Crippen LogP contribution < -0.4 is 21.2 Å². The third kappa shape index (κ3) is 2.96. The van der Waals surface area contributed by atoms with Gasteiger partial charge >= 0.3 is 0 Å². The maximum absolute atomic E-state index is 16.1. The second kappa shape index (κ2) is 8.52. The zero-order chi connectivity index (χ0) is 27.1. The van der Waals surface area contributed by atoms with Gasteiger partial charge in [-0.1, -0.05) is 122 Å². The molecule has 4 heteroatoms. The fourth-order valence-electron chi connectivity index (χ4n) is 6.92. The third-order valence-electron chi connectivity index (χ3n) is 8.71. The lowest BCUT2D eigenvalue weighted by atomic mass is 9.91. The molecule has 2 aliphatic rings. The van der Waals surface area contributed by atoms with Gasteiger partial charge in [-0.3, -0.25) is 0 Å². The molecule has 6 aromatic rings. The molecule has 0 bridgehead atoms. The van der Waals surface area contributed by atoms with Gasteiger partial charge in [-0.25, -0.2) is 0 Å². The van der Waals surface area contributed by atoms with E-state index in [1.54, 1.807) is 0 Å². The predicted molar refractivity (Wildman–Crippen MR) is 171 cm³/mol. The fraction of sp³-hybridized carbons (Fsp3) is 0.0556. The van der Waals surface area contributed by atoms with E-state index < -0.39 is 14.3 Å². The molecule has 2 nitrogen and oxygen atoms in total. The van der Waals surface area contributed by atoms with Crippen LogP contribution in [0.15, 0.2) is 127 Å². The summed E-state index contributed by atoms with van der Waals surface area (Å²) in [6.07, 6.45) is 0.501. The highest BCUT2D eigenvalue weighted by Crippen LogP contribution is 2.69. The second-order valence-corrected chi connectivity index (χ2v) is 16.3. The highest BCUT2D eigenvalue weighted by atomic mass is 31.2. The van der Waals surface area contributed by atoms with Gasteiger partial charge in [-0.15, -0.1) is 0 Å². The van der Waals surface area contributed by atoms with Crippen LogP contribution in [0.5, 0.6) is 0 Å². The van der Waals surface area contributed by atoms with Crippen LogP contribution in [0.2, 0.25) is 0 Å². The molecule has 2 atom stereocenters. The van der Waals surface area contributed by atoms with Crippen LogP contribution in [0.4, 0.5) is 0 Å². The van der Waals surface area contributed by atoms with Crippen molar-refractivity contribution in [1.82, 2.24) is 0 Å². The van der Waals surface area contributed by atoms with Crippen LogP contribution in [0.25, 0.3) is 32.4 Å². The molecule has 0 spiro atoms. The summed E-state index contributed by atoms with van der Waals surface area (Å²) < 4.78 is 31.6. The Hall–Kier alpha value is -3.96. The van der Waals surface area contributed by atoms with Crippen molar-refractivity contribution in [1.29, 1.82) is 0 Å². The van der Waals surface area contributed by atoms with Crippen molar-refractivity contribution in [2.45, 2.75) is 6.92 Å². The van der Waals surface area contributed by atoms with E-state index in [2.05, 4.69) is 48.5 Å². The lowest BCUT2D eigenvalue weighted by Crippen LogP contribution is -2.28. The molecule has 40 heavy (non-hydrogen) atoms. The molecule has 2 aliphatic heterocycles. The van der Waals surface area contributed by atoms with E-state index in [-0.39, 0.29) is 0 Å². The van der Waals surface area contributed by atoms with Gasteiger partial charge in [-0.05, 0) is 39.2 Å². The Kier molecular flexibility index (Phi) is 5.09. The second-order valence-electron chi connectivity index (χ2n) is 10.6. The SMILES string of the molecule is CCP1(=O)C2=C(c3ccccc31)c1c(ccc3ccccc13)P(=O)(c1ccccc1)c1ccc3ccccc3c12. The smallest absolute Gasteiger partial charge is 0.172 e. The summed E-state index contributed by atoms with van der Waals surface area (Å²) in [5.74, 6) is 0. The van der Waals surface area contributed by atoms with Crippen LogP contribution in [0, 0.1) is 0 Å². The van der Waals surface area contributed by atoms with E-state index in [1.807, 2.05) is 85.8 Å². The van der Waals surface area contributed by atoms with Gasteiger partial charge < -0.3 is 9.13 Å². The van der Waals surface area contributed by atoms with Crippen LogP contribution in [-0.4, -0.2) is 6.16 Å². The Balaban J connectivity index is 1.70. The van der Waals surface area contributed by atoms with Crippen LogP contribution >= 0.6 is 14.3 Å². The summed E-state index contributed by atoms with van der Waals surface area (Å²) in [7, 11) is -6.45. The molecule has 0 N–H and O–H groups in total. The van der Waals surface area contributed by atoms with E-state index in [0.717, 1.165) is 70.3 Å². The van der Waals surface area contributed by atoms with E-state index >= 15 is 9.13 Å². The van der Waals surface area contributed by atoms with Crippen molar-refractivity contribution in [3.05, 3.63) is 144 Å². The van der Waals surface area contributed by atoms with Gasteiger partial charge in [0.05, 0.1) is 0 Å². The van der Waals surface area contributed by atoms with E-state index in [4.69, 9.17) is 0 Å². The number of benzene rings is 6. The maximum atomic E-state index is 16.1. The summed E-state index contributed by atoms with van der Waals surface area (Å²) >= 11 is 0. The molecule has 6 aromatic carbocycles.